The van der Waals surface area contributed by atoms with E-state index < -0.39 is 0 Å². The molecule has 1 aliphatic heterocycles. The molecule has 92 valence electrons. The molecule has 2 heteroatoms. The molecule has 2 fully saturated rings. The van der Waals surface area contributed by atoms with E-state index in [9.17, 15) is 4.79 Å². The molecule has 2 rings (SSSR count). The van der Waals surface area contributed by atoms with E-state index in [0.29, 0.717) is 5.92 Å². The fourth-order valence-corrected chi connectivity index (χ4v) is 3.27. The molecular weight excluding hydrogens is 198 g/mol. The van der Waals surface area contributed by atoms with Crippen LogP contribution in [0, 0.1) is 17.8 Å². The molecular formula is C14H25NO. The number of hydrogen-bond donors (Lipinski definition) is 0. The van der Waals surface area contributed by atoms with Crippen LogP contribution in [0.15, 0.2) is 0 Å². The molecule has 2 aliphatic rings. The monoisotopic (exact) mass is 223 g/mol. The Balaban J connectivity index is 1.83. The Morgan fingerprint density at radius 1 is 1.00 bits per heavy atom. The molecule has 1 saturated carbocycles. The number of hydrogen-bond acceptors (Lipinski definition) is 2. The largest absolute Gasteiger partial charge is 0.303 e. The van der Waals surface area contributed by atoms with Crippen LogP contribution in [-0.2, 0) is 4.79 Å². The number of rotatable bonds is 2. The van der Waals surface area contributed by atoms with E-state index in [1.165, 1.54) is 19.3 Å². The highest BCUT2D eigenvalue weighted by Crippen LogP contribution is 2.33. The average Bonchev–Trinajstić information content (AvgIpc) is 2.33. The predicted octanol–water partition coefficient (Wildman–Crippen LogP) is 2.72. The first kappa shape index (κ1) is 12.1. The lowest BCUT2D eigenvalue weighted by Gasteiger charge is -2.41. The van der Waals surface area contributed by atoms with Gasteiger partial charge in [0.2, 0.25) is 0 Å². The van der Waals surface area contributed by atoms with Gasteiger partial charge in [-0.05, 0) is 57.0 Å². The van der Waals surface area contributed by atoms with Gasteiger partial charge in [-0.25, -0.2) is 0 Å². The minimum Gasteiger partial charge on any atom is -0.303 e. The van der Waals surface area contributed by atoms with Gasteiger partial charge in [0.25, 0.3) is 0 Å². The highest BCUT2D eigenvalue weighted by Gasteiger charge is 2.30. The highest BCUT2D eigenvalue weighted by molar-refractivity contribution is 5.53. The van der Waals surface area contributed by atoms with E-state index in [0.717, 1.165) is 50.1 Å². The maximum atomic E-state index is 10.7. The van der Waals surface area contributed by atoms with Gasteiger partial charge in [0, 0.05) is 12.0 Å². The topological polar surface area (TPSA) is 20.3 Å². The summed E-state index contributed by atoms with van der Waals surface area (Å²) in [5, 5.41) is 0. The summed E-state index contributed by atoms with van der Waals surface area (Å²) < 4.78 is 0. The molecule has 0 radical (unpaired) electrons. The summed E-state index contributed by atoms with van der Waals surface area (Å²) in [6.45, 7) is 7.08. The van der Waals surface area contributed by atoms with E-state index in [1.807, 2.05) is 0 Å². The van der Waals surface area contributed by atoms with Crippen molar-refractivity contribution in [1.82, 2.24) is 4.90 Å². The van der Waals surface area contributed by atoms with Crippen molar-refractivity contribution in [3.8, 4) is 0 Å². The van der Waals surface area contributed by atoms with Crippen LogP contribution in [0.4, 0.5) is 0 Å². The van der Waals surface area contributed by atoms with Crippen LogP contribution in [0.3, 0.4) is 0 Å². The molecule has 0 aromatic rings. The zero-order chi connectivity index (χ0) is 11.5. The Labute approximate surface area is 99.4 Å². The van der Waals surface area contributed by atoms with Crippen molar-refractivity contribution in [3.63, 3.8) is 0 Å². The normalized spacial score (nSPS) is 38.5. The SMILES string of the molecule is CC1CCC(N2CCC(C=O)CC2)CC1C. The smallest absolute Gasteiger partial charge is 0.123 e. The van der Waals surface area contributed by atoms with E-state index in [4.69, 9.17) is 0 Å². The number of nitrogens with zero attached hydrogens (tertiary/aromatic N) is 1. The standard InChI is InChI=1S/C14H25NO/c1-11-3-4-14(9-12(11)2)15-7-5-13(10-16)6-8-15/h10-14H,3-9H2,1-2H3. The molecule has 0 bridgehead atoms. The van der Waals surface area contributed by atoms with Crippen molar-refractivity contribution < 1.29 is 4.79 Å². The third-order valence-corrected chi connectivity index (χ3v) is 4.85. The van der Waals surface area contributed by atoms with Gasteiger partial charge in [0.05, 0.1) is 0 Å². The van der Waals surface area contributed by atoms with Gasteiger partial charge in [0.1, 0.15) is 6.29 Å². The van der Waals surface area contributed by atoms with Crippen LogP contribution in [0.25, 0.3) is 0 Å². The number of aldehydes is 1. The van der Waals surface area contributed by atoms with Crippen LogP contribution < -0.4 is 0 Å². The van der Waals surface area contributed by atoms with Gasteiger partial charge >= 0.3 is 0 Å². The highest BCUT2D eigenvalue weighted by atomic mass is 16.1. The predicted molar refractivity (Wildman–Crippen MR) is 66.3 cm³/mol. The second kappa shape index (κ2) is 5.31. The molecule has 0 spiro atoms. The third-order valence-electron chi connectivity index (χ3n) is 4.85. The molecule has 0 aromatic carbocycles. The van der Waals surface area contributed by atoms with Crippen molar-refractivity contribution in [2.24, 2.45) is 17.8 Å². The van der Waals surface area contributed by atoms with Crippen LogP contribution in [-0.4, -0.2) is 30.3 Å². The van der Waals surface area contributed by atoms with Gasteiger partial charge < -0.3 is 9.69 Å². The Kier molecular flexibility index (Phi) is 4.01. The second-order valence-corrected chi connectivity index (χ2v) is 5.93. The molecule has 3 unspecified atom stereocenters. The van der Waals surface area contributed by atoms with Crippen molar-refractivity contribution in [3.05, 3.63) is 0 Å². The van der Waals surface area contributed by atoms with Crippen LogP contribution in [0.5, 0.6) is 0 Å². The molecule has 16 heavy (non-hydrogen) atoms. The molecule has 3 atom stereocenters. The van der Waals surface area contributed by atoms with Gasteiger partial charge in [-0.15, -0.1) is 0 Å². The van der Waals surface area contributed by atoms with E-state index >= 15 is 0 Å². The summed E-state index contributed by atoms with van der Waals surface area (Å²) in [6, 6.07) is 0.804. The minimum atomic E-state index is 0.344. The molecule has 0 aromatic heterocycles. The van der Waals surface area contributed by atoms with Gasteiger partial charge in [-0.2, -0.15) is 0 Å². The van der Waals surface area contributed by atoms with Crippen LogP contribution >= 0.6 is 0 Å². The number of carbonyl (C=O) groups is 1. The van der Waals surface area contributed by atoms with E-state index in [-0.39, 0.29) is 0 Å². The zero-order valence-corrected chi connectivity index (χ0v) is 10.7. The first-order valence-corrected chi connectivity index (χ1v) is 6.90. The average molecular weight is 223 g/mol. The zero-order valence-electron chi connectivity index (χ0n) is 10.7. The number of carbonyl (C=O) groups excluding carboxylic acids is 1. The molecule has 1 heterocycles. The van der Waals surface area contributed by atoms with E-state index in [2.05, 4.69) is 18.7 Å². The summed E-state index contributed by atoms with van der Waals surface area (Å²) >= 11 is 0. The second-order valence-electron chi connectivity index (χ2n) is 5.93. The first-order valence-electron chi connectivity index (χ1n) is 6.90. The molecule has 1 saturated heterocycles. The lowest BCUT2D eigenvalue weighted by Crippen LogP contribution is -2.44. The summed E-state index contributed by atoms with van der Waals surface area (Å²) in [5.41, 5.74) is 0. The first-order chi connectivity index (χ1) is 7.70. The quantitative estimate of drug-likeness (QED) is 0.671. The van der Waals surface area contributed by atoms with Gasteiger partial charge in [-0.1, -0.05) is 13.8 Å². The summed E-state index contributed by atoms with van der Waals surface area (Å²) in [6.07, 6.45) is 7.46. The number of piperidine rings is 1. The summed E-state index contributed by atoms with van der Waals surface area (Å²) in [7, 11) is 0. The van der Waals surface area contributed by atoms with Crippen molar-refractivity contribution >= 4 is 6.29 Å². The molecule has 2 nitrogen and oxygen atoms in total. The third kappa shape index (κ3) is 2.65. The van der Waals surface area contributed by atoms with Gasteiger partial charge in [0.15, 0.2) is 0 Å². The summed E-state index contributed by atoms with van der Waals surface area (Å²) in [4.78, 5) is 13.4. The Hall–Kier alpha value is -0.370. The lowest BCUT2D eigenvalue weighted by atomic mass is 9.78. The van der Waals surface area contributed by atoms with E-state index in [1.54, 1.807) is 0 Å². The van der Waals surface area contributed by atoms with Crippen molar-refractivity contribution in [1.29, 1.82) is 0 Å². The molecule has 1 aliphatic carbocycles. The van der Waals surface area contributed by atoms with Crippen molar-refractivity contribution in [2.45, 2.75) is 52.0 Å². The fraction of sp³-hybridized carbons (Fsp3) is 0.929. The maximum Gasteiger partial charge on any atom is 0.123 e. The van der Waals surface area contributed by atoms with Crippen molar-refractivity contribution in [2.75, 3.05) is 13.1 Å². The Morgan fingerprint density at radius 3 is 2.25 bits per heavy atom. The maximum absolute atomic E-state index is 10.7. The molecule has 0 N–H and O–H groups in total. The lowest BCUT2D eigenvalue weighted by molar-refractivity contribution is -0.112. The van der Waals surface area contributed by atoms with Crippen LogP contribution in [0.1, 0.15) is 46.0 Å². The number of likely N-dealkylation sites (tertiary alicyclic amines) is 1. The van der Waals surface area contributed by atoms with Gasteiger partial charge in [-0.3, -0.25) is 0 Å². The summed E-state index contributed by atoms with van der Waals surface area (Å²) in [5.74, 6) is 2.13. The minimum absolute atomic E-state index is 0.344. The van der Waals surface area contributed by atoms with Crippen LogP contribution in [0.2, 0.25) is 0 Å². The molecule has 0 amide bonds. The Bertz CT molecular complexity index is 233. The fourth-order valence-electron chi connectivity index (χ4n) is 3.27. The Morgan fingerprint density at radius 2 is 1.69 bits per heavy atom.